The summed E-state index contributed by atoms with van der Waals surface area (Å²) < 4.78 is 22.8. The Labute approximate surface area is 597 Å². The van der Waals surface area contributed by atoms with Gasteiger partial charge in [0.2, 0.25) is 0 Å². The second-order valence-electron chi connectivity index (χ2n) is 26.9. The van der Waals surface area contributed by atoms with E-state index in [0.29, 0.717) is 17.4 Å². The summed E-state index contributed by atoms with van der Waals surface area (Å²) in [5, 5.41) is 11.9. The first kappa shape index (κ1) is 91.6. The smallest absolute Gasteiger partial charge is 0.306 e. The summed E-state index contributed by atoms with van der Waals surface area (Å²) >= 11 is 0. The van der Waals surface area contributed by atoms with Crippen molar-refractivity contribution in [2.24, 2.45) is 0 Å². The number of rotatable bonds is 71. The molecule has 0 rings (SSSR count). The fourth-order valence-corrected chi connectivity index (χ4v) is 10.6. The van der Waals surface area contributed by atoms with Crippen LogP contribution < -0.4 is 5.11 Å². The molecule has 0 aromatic rings. The number of likely N-dealkylation sites (N-methyl/N-ethyl adjacent to an activating group) is 1. The molecule has 0 saturated carbocycles. The zero-order chi connectivity index (χ0) is 70.4. The number of aliphatic carboxylic acids is 1. The lowest BCUT2D eigenvalue weighted by Gasteiger charge is -2.26. The van der Waals surface area contributed by atoms with Crippen LogP contribution in [0.3, 0.4) is 0 Å². The van der Waals surface area contributed by atoms with Crippen LogP contribution in [-0.4, -0.2) is 82.3 Å². The van der Waals surface area contributed by atoms with Crippen molar-refractivity contribution in [3.05, 3.63) is 170 Å². The molecule has 97 heavy (non-hydrogen) atoms. The number of hydrogen-bond donors (Lipinski definition) is 0. The second-order valence-corrected chi connectivity index (χ2v) is 26.9. The van der Waals surface area contributed by atoms with Gasteiger partial charge >= 0.3 is 11.9 Å². The highest BCUT2D eigenvalue weighted by Crippen LogP contribution is 2.17. The van der Waals surface area contributed by atoms with E-state index in [9.17, 15) is 19.5 Å². The van der Waals surface area contributed by atoms with Gasteiger partial charge in [-0.2, -0.15) is 0 Å². The topological polar surface area (TPSA) is 111 Å². The highest BCUT2D eigenvalue weighted by molar-refractivity contribution is 5.70. The lowest BCUT2D eigenvalue weighted by Crippen LogP contribution is -2.44. The molecular weight excluding hydrogens is 1200 g/mol. The average molecular weight is 1350 g/mol. The maximum absolute atomic E-state index is 13.0. The number of ether oxygens (including phenoxy) is 4. The fraction of sp³-hybridized carbons (Fsp3) is 0.648. The van der Waals surface area contributed by atoms with Crippen molar-refractivity contribution < 1.29 is 42.9 Å². The van der Waals surface area contributed by atoms with Crippen LogP contribution in [0.1, 0.15) is 309 Å². The summed E-state index contributed by atoms with van der Waals surface area (Å²) in [6, 6.07) is 0. The van der Waals surface area contributed by atoms with Gasteiger partial charge < -0.3 is 33.3 Å². The summed E-state index contributed by atoms with van der Waals surface area (Å²) in [5.74, 6) is -2.29. The summed E-state index contributed by atoms with van der Waals surface area (Å²) in [7, 11) is 5.93. The van der Waals surface area contributed by atoms with Gasteiger partial charge in [0.25, 0.3) is 0 Å². The van der Waals surface area contributed by atoms with Crippen molar-refractivity contribution in [3.63, 3.8) is 0 Å². The van der Waals surface area contributed by atoms with Crippen molar-refractivity contribution in [1.29, 1.82) is 0 Å². The summed E-state index contributed by atoms with van der Waals surface area (Å²) in [6.07, 6.45) is 112. The third-order valence-corrected chi connectivity index (χ3v) is 16.5. The van der Waals surface area contributed by atoms with Crippen LogP contribution in [0.2, 0.25) is 0 Å². The molecule has 0 bridgehead atoms. The second kappa shape index (κ2) is 76.4. The van der Waals surface area contributed by atoms with E-state index in [1.54, 1.807) is 0 Å². The van der Waals surface area contributed by atoms with E-state index < -0.39 is 24.3 Å². The number of carbonyl (C=O) groups excluding carboxylic acids is 3. The molecule has 9 nitrogen and oxygen atoms in total. The molecule has 0 saturated heterocycles. The number of esters is 2. The Morgan fingerprint density at radius 1 is 0.309 bits per heavy atom. The molecule has 0 aromatic heterocycles. The Morgan fingerprint density at radius 2 is 0.557 bits per heavy atom. The Hall–Kier alpha value is -5.35. The van der Waals surface area contributed by atoms with E-state index in [1.165, 1.54) is 141 Å². The monoisotopic (exact) mass is 1340 g/mol. The molecule has 9 heteroatoms. The number of nitrogens with zero attached hydrogens (tertiary/aromatic N) is 1. The number of unbranched alkanes of at least 4 members (excludes halogenated alkanes) is 28. The minimum Gasteiger partial charge on any atom is -0.545 e. The predicted molar refractivity (Wildman–Crippen MR) is 416 cm³/mol. The number of hydrogen-bond acceptors (Lipinski definition) is 8. The van der Waals surface area contributed by atoms with Gasteiger partial charge in [0.05, 0.1) is 40.3 Å². The molecule has 0 heterocycles. The van der Waals surface area contributed by atoms with E-state index in [4.69, 9.17) is 18.9 Å². The van der Waals surface area contributed by atoms with Crippen molar-refractivity contribution in [2.75, 3.05) is 47.5 Å². The lowest BCUT2D eigenvalue weighted by molar-refractivity contribution is -0.870. The molecule has 550 valence electrons. The maximum Gasteiger partial charge on any atom is 0.306 e. The van der Waals surface area contributed by atoms with Crippen LogP contribution in [0, 0.1) is 0 Å². The number of quaternary nitrogens is 1. The van der Waals surface area contributed by atoms with E-state index in [-0.39, 0.29) is 38.6 Å². The van der Waals surface area contributed by atoms with Gasteiger partial charge in [0.15, 0.2) is 12.4 Å². The number of carboxylic acids is 1. The standard InChI is InChI=1S/C88H145NO8/c1-6-8-10-12-14-16-18-20-22-24-26-28-30-32-34-36-38-39-40-41-42-43-44-45-46-47-49-51-53-55-57-59-61-63-65-67-69-71-73-75-77-79-86(91)97-84(83-96-88(87(92)93)94-81-80-89(3,4)5)82-95-85(90)78-76-74-72-70-68-66-64-62-60-58-56-54-52-50-48-37-35-33-31-29-27-25-23-21-19-17-15-13-11-9-7-2/h8-11,14-17,20-23,26-29,32,34,38-39,41-42,44-45,47,49,53,55,84,88H,6-7,12-13,18-19,24-25,30-31,33,35-37,40,43,46,48,50-52,54,56-83H2,1-5H3/b10-8-,11-9-,16-14-,17-15-,22-20-,23-21-,28-26-,29-27-,34-32-,39-38-,42-41-,45-44-,49-47-,55-53-. The van der Waals surface area contributed by atoms with Crippen LogP contribution >= 0.6 is 0 Å². The Kier molecular flexibility index (Phi) is 72.2. The van der Waals surface area contributed by atoms with E-state index in [2.05, 4.69) is 184 Å². The van der Waals surface area contributed by atoms with Crippen molar-refractivity contribution in [3.8, 4) is 0 Å². The van der Waals surface area contributed by atoms with Crippen molar-refractivity contribution in [2.45, 2.75) is 322 Å². The van der Waals surface area contributed by atoms with Crippen LogP contribution in [0.15, 0.2) is 170 Å². The number of allylic oxidation sites excluding steroid dienone is 28. The quantitative estimate of drug-likeness (QED) is 0.0195. The highest BCUT2D eigenvalue weighted by atomic mass is 16.7. The first-order valence-electron chi connectivity index (χ1n) is 39.3. The molecule has 0 N–H and O–H groups in total. The van der Waals surface area contributed by atoms with Gasteiger partial charge in [-0.1, -0.05) is 338 Å². The van der Waals surface area contributed by atoms with Crippen molar-refractivity contribution in [1.82, 2.24) is 0 Å². The average Bonchev–Trinajstić information content (AvgIpc) is 3.27. The van der Waals surface area contributed by atoms with E-state index in [0.717, 1.165) is 135 Å². The summed E-state index contributed by atoms with van der Waals surface area (Å²) in [6.45, 7) is 4.53. The molecule has 0 aromatic carbocycles. The van der Waals surface area contributed by atoms with Crippen molar-refractivity contribution >= 4 is 17.9 Å². The molecule has 0 amide bonds. The number of carbonyl (C=O) groups is 3. The van der Waals surface area contributed by atoms with Crippen LogP contribution in [0.4, 0.5) is 0 Å². The maximum atomic E-state index is 13.0. The molecule has 0 aliphatic heterocycles. The fourth-order valence-electron chi connectivity index (χ4n) is 10.6. The molecule has 0 fully saturated rings. The van der Waals surface area contributed by atoms with Gasteiger partial charge in [-0.3, -0.25) is 9.59 Å². The highest BCUT2D eigenvalue weighted by Gasteiger charge is 2.22. The molecule has 0 spiro atoms. The Bertz CT molecular complexity index is 2210. The zero-order valence-corrected chi connectivity index (χ0v) is 62.9. The first-order valence-corrected chi connectivity index (χ1v) is 39.3. The Morgan fingerprint density at radius 3 is 0.825 bits per heavy atom. The van der Waals surface area contributed by atoms with Gasteiger partial charge in [-0.25, -0.2) is 0 Å². The summed E-state index contributed by atoms with van der Waals surface area (Å²) in [5.41, 5.74) is 0. The van der Waals surface area contributed by atoms with Gasteiger partial charge in [0.1, 0.15) is 13.2 Å². The third-order valence-electron chi connectivity index (χ3n) is 16.5. The Balaban J connectivity index is 4.10. The molecule has 0 aliphatic carbocycles. The largest absolute Gasteiger partial charge is 0.545 e. The summed E-state index contributed by atoms with van der Waals surface area (Å²) in [4.78, 5) is 37.6. The molecule has 2 atom stereocenters. The van der Waals surface area contributed by atoms with Crippen LogP contribution in [0.25, 0.3) is 0 Å². The van der Waals surface area contributed by atoms with E-state index in [1.807, 2.05) is 21.1 Å². The van der Waals surface area contributed by atoms with E-state index >= 15 is 0 Å². The van der Waals surface area contributed by atoms with Gasteiger partial charge in [-0.05, 0) is 128 Å². The SMILES string of the molecule is CC/C=C\C/C=C\C/C=C\C/C=C\C/C=C\C/C=C\C/C=C\C/C=C\C/C=C\C/C=C\CCCCCCCCCCCCC(=O)OC(COC(=O)CCCCCCCCCCCCCCCCCCCC/C=C\C/C=C\C/C=C\C/C=C\CC)COC(OCC[N+](C)(C)C)C(=O)[O-]. The normalized spacial score (nSPS) is 13.6. The minimum absolute atomic E-state index is 0.141. The zero-order valence-electron chi connectivity index (χ0n) is 62.9. The molecule has 0 aliphatic rings. The van der Waals surface area contributed by atoms with Gasteiger partial charge in [-0.15, -0.1) is 0 Å². The number of carboxylic acid groups (broad SMARTS) is 1. The molecule has 0 radical (unpaired) electrons. The molecular formula is C88H145NO8. The lowest BCUT2D eigenvalue weighted by atomic mass is 10.0. The van der Waals surface area contributed by atoms with Gasteiger partial charge in [0, 0.05) is 12.8 Å². The van der Waals surface area contributed by atoms with Crippen LogP contribution in [-0.2, 0) is 33.3 Å². The third kappa shape index (κ3) is 77.9. The first-order chi connectivity index (χ1) is 47.6. The predicted octanol–water partition coefficient (Wildman–Crippen LogP) is 24.0. The minimum atomic E-state index is -1.63. The van der Waals surface area contributed by atoms with Crippen LogP contribution in [0.5, 0.6) is 0 Å². The molecule has 2 unspecified atom stereocenters.